The number of rotatable bonds is 6. The van der Waals surface area contributed by atoms with Gasteiger partial charge in [-0.1, -0.05) is 12.1 Å². The summed E-state index contributed by atoms with van der Waals surface area (Å²) in [5.74, 6) is 0.526. The fourth-order valence-corrected chi connectivity index (χ4v) is 3.87. The molecule has 1 aliphatic carbocycles. The van der Waals surface area contributed by atoms with Gasteiger partial charge in [0, 0.05) is 28.7 Å². The molecule has 1 amide bonds. The zero-order valence-electron chi connectivity index (χ0n) is 17.6. The van der Waals surface area contributed by atoms with Crippen molar-refractivity contribution in [3.05, 3.63) is 48.3 Å². The summed E-state index contributed by atoms with van der Waals surface area (Å²) in [5, 5.41) is 3.30. The first-order valence-electron chi connectivity index (χ1n) is 10.5. The summed E-state index contributed by atoms with van der Waals surface area (Å²) in [6.07, 6.45) is 2.53. The number of hydrogen-bond acceptors (Lipinski definition) is 3. The van der Waals surface area contributed by atoms with Crippen molar-refractivity contribution < 1.29 is 18.7 Å². The summed E-state index contributed by atoms with van der Waals surface area (Å²) in [6.45, 7) is 6.09. The van der Waals surface area contributed by atoms with Gasteiger partial charge in [-0.15, -0.1) is 0 Å². The van der Waals surface area contributed by atoms with Crippen LogP contribution in [0.15, 0.2) is 42.5 Å². The Labute approximate surface area is 175 Å². The maximum atomic E-state index is 15.5. The quantitative estimate of drug-likeness (QED) is 0.503. The summed E-state index contributed by atoms with van der Waals surface area (Å²) in [5.41, 5.74) is 2.83. The highest BCUT2D eigenvalue weighted by molar-refractivity contribution is 5.90. The Kier molecular flexibility index (Phi) is 5.66. The predicted octanol–water partition coefficient (Wildman–Crippen LogP) is 6.53. The molecular formula is C24H27FN2O3. The number of anilines is 1. The third kappa shape index (κ3) is 3.86. The Morgan fingerprint density at radius 1 is 1.20 bits per heavy atom. The first kappa shape index (κ1) is 20.3. The first-order chi connectivity index (χ1) is 14.5. The second-order valence-electron chi connectivity index (χ2n) is 7.89. The van der Waals surface area contributed by atoms with E-state index in [9.17, 15) is 4.79 Å². The molecule has 1 aromatic heterocycles. The lowest BCUT2D eigenvalue weighted by Crippen LogP contribution is -2.18. The summed E-state index contributed by atoms with van der Waals surface area (Å²) in [6, 6.07) is 13.0. The van der Waals surface area contributed by atoms with Crippen LogP contribution in [0.4, 0.5) is 14.9 Å². The van der Waals surface area contributed by atoms with E-state index in [1.807, 2.05) is 31.2 Å². The third-order valence-corrected chi connectivity index (χ3v) is 5.41. The van der Waals surface area contributed by atoms with E-state index in [0.29, 0.717) is 23.4 Å². The Balaban J connectivity index is 1.72. The van der Waals surface area contributed by atoms with E-state index in [4.69, 9.17) is 9.47 Å². The van der Waals surface area contributed by atoms with Gasteiger partial charge in [-0.3, -0.25) is 5.32 Å². The monoisotopic (exact) mass is 410 g/mol. The number of hydrogen-bond donors (Lipinski definition) is 1. The van der Waals surface area contributed by atoms with Gasteiger partial charge in [0.25, 0.3) is 0 Å². The average Bonchev–Trinajstić information content (AvgIpc) is 2.93. The van der Waals surface area contributed by atoms with Gasteiger partial charge in [0.15, 0.2) is 5.82 Å². The van der Waals surface area contributed by atoms with Crippen molar-refractivity contribution in [3.63, 3.8) is 0 Å². The van der Waals surface area contributed by atoms with Gasteiger partial charge in [-0.05, 0) is 64.3 Å². The predicted molar refractivity (Wildman–Crippen MR) is 117 cm³/mol. The van der Waals surface area contributed by atoms with Crippen LogP contribution < -0.4 is 10.1 Å². The van der Waals surface area contributed by atoms with E-state index in [-0.39, 0.29) is 18.0 Å². The molecule has 6 heteroatoms. The van der Waals surface area contributed by atoms with Gasteiger partial charge >= 0.3 is 6.09 Å². The maximum absolute atomic E-state index is 15.5. The molecule has 0 radical (unpaired) electrons. The molecule has 0 atom stereocenters. The second-order valence-corrected chi connectivity index (χ2v) is 7.89. The van der Waals surface area contributed by atoms with E-state index in [2.05, 4.69) is 9.88 Å². The zero-order chi connectivity index (χ0) is 21.3. The Morgan fingerprint density at radius 2 is 1.93 bits per heavy atom. The minimum Gasteiger partial charge on any atom is -0.494 e. The highest BCUT2D eigenvalue weighted by Crippen LogP contribution is 2.42. The largest absolute Gasteiger partial charge is 0.494 e. The van der Waals surface area contributed by atoms with Gasteiger partial charge < -0.3 is 14.0 Å². The number of nitrogens with zero attached hydrogens (tertiary/aromatic N) is 1. The zero-order valence-corrected chi connectivity index (χ0v) is 17.6. The highest BCUT2D eigenvalue weighted by Gasteiger charge is 2.28. The third-order valence-electron chi connectivity index (χ3n) is 5.41. The molecule has 0 aliphatic heterocycles. The smallest absolute Gasteiger partial charge is 0.411 e. The van der Waals surface area contributed by atoms with Gasteiger partial charge in [0.1, 0.15) is 5.75 Å². The molecule has 2 aromatic carbocycles. The van der Waals surface area contributed by atoms with Crippen molar-refractivity contribution in [1.29, 1.82) is 0 Å². The number of halogens is 1. The van der Waals surface area contributed by atoms with Gasteiger partial charge in [0.05, 0.1) is 23.9 Å². The summed E-state index contributed by atoms with van der Waals surface area (Å²) in [7, 11) is 0. The molecule has 30 heavy (non-hydrogen) atoms. The number of benzene rings is 2. The summed E-state index contributed by atoms with van der Waals surface area (Å²) >= 11 is 0. The molecule has 5 nitrogen and oxygen atoms in total. The SMILES string of the molecule is CCOc1ccc2c(F)c(-c3ccc(NC(=O)OC(C)C)cc3)n(C3CCC3)c2c1. The van der Waals surface area contributed by atoms with Crippen molar-refractivity contribution in [2.24, 2.45) is 0 Å². The van der Waals surface area contributed by atoms with Crippen LogP contribution in [-0.2, 0) is 4.74 Å². The highest BCUT2D eigenvalue weighted by atomic mass is 19.1. The molecule has 4 rings (SSSR count). The molecule has 158 valence electrons. The summed E-state index contributed by atoms with van der Waals surface area (Å²) < 4.78 is 28.4. The lowest BCUT2D eigenvalue weighted by atomic mass is 9.92. The Hall–Kier alpha value is -3.02. The van der Waals surface area contributed by atoms with E-state index in [1.54, 1.807) is 32.0 Å². The van der Waals surface area contributed by atoms with Crippen LogP contribution in [0.2, 0.25) is 0 Å². The number of nitrogens with one attached hydrogen (secondary N) is 1. The lowest BCUT2D eigenvalue weighted by Gasteiger charge is -2.30. The van der Waals surface area contributed by atoms with Crippen LogP contribution in [0.1, 0.15) is 46.1 Å². The number of ether oxygens (including phenoxy) is 2. The van der Waals surface area contributed by atoms with Crippen LogP contribution in [0.3, 0.4) is 0 Å². The van der Waals surface area contributed by atoms with Crippen LogP contribution in [0.25, 0.3) is 22.2 Å². The Bertz CT molecular complexity index is 1050. The van der Waals surface area contributed by atoms with Crippen molar-refractivity contribution in [2.45, 2.75) is 52.2 Å². The van der Waals surface area contributed by atoms with E-state index >= 15 is 4.39 Å². The lowest BCUT2D eigenvalue weighted by molar-refractivity contribution is 0.130. The molecule has 0 unspecified atom stereocenters. The van der Waals surface area contributed by atoms with Crippen molar-refractivity contribution in [2.75, 3.05) is 11.9 Å². The number of fused-ring (bicyclic) bond motifs is 1. The number of carbonyl (C=O) groups excluding carboxylic acids is 1. The van der Waals surface area contributed by atoms with Crippen LogP contribution in [0.5, 0.6) is 5.75 Å². The molecule has 1 heterocycles. The molecule has 0 spiro atoms. The minimum atomic E-state index is -0.504. The molecular weight excluding hydrogens is 383 g/mol. The molecule has 0 bridgehead atoms. The van der Waals surface area contributed by atoms with Gasteiger partial charge in [-0.25, -0.2) is 9.18 Å². The molecule has 0 saturated heterocycles. The Morgan fingerprint density at radius 3 is 2.53 bits per heavy atom. The second kappa shape index (κ2) is 8.38. The molecule has 3 aromatic rings. The van der Waals surface area contributed by atoms with Crippen molar-refractivity contribution in [3.8, 4) is 17.0 Å². The standard InChI is InChI=1S/C24H27FN2O3/c1-4-29-19-12-13-20-21(14-19)27(18-6-5-7-18)23(22(20)25)16-8-10-17(11-9-16)26-24(28)30-15(2)3/h8-15,18H,4-7H2,1-3H3,(H,26,28). The van der Waals surface area contributed by atoms with Gasteiger partial charge in [0.2, 0.25) is 0 Å². The van der Waals surface area contributed by atoms with Crippen LogP contribution >= 0.6 is 0 Å². The first-order valence-corrected chi connectivity index (χ1v) is 10.5. The van der Waals surface area contributed by atoms with E-state index in [0.717, 1.165) is 36.1 Å². The molecule has 1 aliphatic rings. The van der Waals surface area contributed by atoms with Crippen molar-refractivity contribution >= 4 is 22.7 Å². The fraction of sp³-hybridized carbons (Fsp3) is 0.375. The maximum Gasteiger partial charge on any atom is 0.411 e. The normalized spacial score (nSPS) is 14.0. The van der Waals surface area contributed by atoms with Crippen LogP contribution in [0, 0.1) is 5.82 Å². The summed E-state index contributed by atoms with van der Waals surface area (Å²) in [4.78, 5) is 11.8. The van der Waals surface area contributed by atoms with E-state index < -0.39 is 6.09 Å². The topological polar surface area (TPSA) is 52.5 Å². The molecule has 1 N–H and O–H groups in total. The molecule has 1 fully saturated rings. The van der Waals surface area contributed by atoms with Crippen molar-refractivity contribution in [1.82, 2.24) is 4.57 Å². The number of amides is 1. The number of carbonyl (C=O) groups is 1. The fourth-order valence-electron chi connectivity index (χ4n) is 3.87. The van der Waals surface area contributed by atoms with E-state index in [1.165, 1.54) is 0 Å². The number of aromatic nitrogens is 1. The average molecular weight is 410 g/mol. The van der Waals surface area contributed by atoms with Crippen LogP contribution in [-0.4, -0.2) is 23.4 Å². The minimum absolute atomic E-state index is 0.196. The van der Waals surface area contributed by atoms with Gasteiger partial charge in [-0.2, -0.15) is 0 Å². The molecule has 1 saturated carbocycles.